The van der Waals surface area contributed by atoms with Crippen molar-refractivity contribution >= 4 is 22.5 Å². The van der Waals surface area contributed by atoms with Crippen molar-refractivity contribution in [2.24, 2.45) is 7.05 Å². The van der Waals surface area contributed by atoms with E-state index in [2.05, 4.69) is 22.0 Å². The van der Waals surface area contributed by atoms with Crippen LogP contribution in [-0.4, -0.2) is 38.9 Å². The Morgan fingerprint density at radius 2 is 2.15 bits per heavy atom. The Labute approximate surface area is 158 Å². The molecule has 6 heteroatoms. The fraction of sp³-hybridized carbons (Fsp3) is 0.400. The molecule has 0 unspecified atom stereocenters. The number of benzene rings is 1. The summed E-state index contributed by atoms with van der Waals surface area (Å²) in [5, 5.41) is 6.52. The van der Waals surface area contributed by atoms with Gasteiger partial charge in [-0.3, -0.25) is 14.6 Å². The summed E-state index contributed by atoms with van der Waals surface area (Å²) in [5.41, 5.74) is 3.11. The van der Waals surface area contributed by atoms with Crippen LogP contribution < -0.4 is 0 Å². The highest BCUT2D eigenvalue weighted by Gasteiger charge is 2.22. The summed E-state index contributed by atoms with van der Waals surface area (Å²) in [5.74, 6) is 0. The van der Waals surface area contributed by atoms with Gasteiger partial charge in [-0.15, -0.1) is 0 Å². The predicted octanol–water partition coefficient (Wildman–Crippen LogP) is 3.80. The van der Waals surface area contributed by atoms with E-state index in [1.165, 1.54) is 0 Å². The summed E-state index contributed by atoms with van der Waals surface area (Å²) in [6.07, 6.45) is 4.37. The van der Waals surface area contributed by atoms with Crippen LogP contribution in [0.15, 0.2) is 42.6 Å². The first-order chi connectivity index (χ1) is 12.7. The first kappa shape index (κ1) is 17.5. The van der Waals surface area contributed by atoms with Gasteiger partial charge in [-0.25, -0.2) is 0 Å². The molecule has 3 aromatic rings. The van der Waals surface area contributed by atoms with Crippen molar-refractivity contribution in [3.8, 4) is 0 Å². The average Bonchev–Trinajstić information content (AvgIpc) is 3.25. The lowest BCUT2D eigenvalue weighted by Crippen LogP contribution is -2.32. The summed E-state index contributed by atoms with van der Waals surface area (Å²) in [6.45, 7) is 3.22. The lowest BCUT2D eigenvalue weighted by atomic mass is 10.1. The standard InChI is InChI=1S/C20H23ClN4O/c1-24-19-9-4-8-17(21)20(19)18(23-24)14-25(13-16-7-5-11-26-16)12-15-6-2-3-10-22-15/h2-4,6,8-10,16H,5,7,11-14H2,1H3/t16-/m0/s1. The van der Waals surface area contributed by atoms with Crippen molar-refractivity contribution in [2.75, 3.05) is 13.2 Å². The van der Waals surface area contributed by atoms with Gasteiger partial charge in [0.1, 0.15) is 0 Å². The van der Waals surface area contributed by atoms with Gasteiger partial charge in [-0.2, -0.15) is 5.10 Å². The van der Waals surface area contributed by atoms with Gasteiger partial charge >= 0.3 is 0 Å². The van der Waals surface area contributed by atoms with E-state index in [1.54, 1.807) is 0 Å². The number of pyridine rings is 1. The van der Waals surface area contributed by atoms with E-state index in [-0.39, 0.29) is 6.10 Å². The topological polar surface area (TPSA) is 43.2 Å². The van der Waals surface area contributed by atoms with Crippen molar-refractivity contribution in [1.29, 1.82) is 0 Å². The van der Waals surface area contributed by atoms with Gasteiger partial charge < -0.3 is 4.74 Å². The number of fused-ring (bicyclic) bond motifs is 1. The molecular formula is C20H23ClN4O. The first-order valence-corrected chi connectivity index (χ1v) is 9.42. The number of rotatable bonds is 6. The smallest absolute Gasteiger partial charge is 0.0858 e. The highest BCUT2D eigenvalue weighted by molar-refractivity contribution is 6.35. The van der Waals surface area contributed by atoms with Crippen LogP contribution in [0.5, 0.6) is 0 Å². The first-order valence-electron chi connectivity index (χ1n) is 9.04. The molecule has 0 bridgehead atoms. The summed E-state index contributed by atoms with van der Waals surface area (Å²) >= 11 is 6.48. The average molecular weight is 371 g/mol. The number of hydrogen-bond donors (Lipinski definition) is 0. The maximum Gasteiger partial charge on any atom is 0.0858 e. The van der Waals surface area contributed by atoms with Gasteiger partial charge in [0.25, 0.3) is 0 Å². The third-order valence-corrected chi connectivity index (χ3v) is 5.19. The second kappa shape index (κ2) is 7.74. The largest absolute Gasteiger partial charge is 0.377 e. The van der Waals surface area contributed by atoms with Crippen molar-refractivity contribution in [3.05, 3.63) is 59.0 Å². The van der Waals surface area contributed by atoms with Crippen LogP contribution in [0, 0.1) is 0 Å². The molecular weight excluding hydrogens is 348 g/mol. The zero-order valence-electron chi connectivity index (χ0n) is 14.9. The van der Waals surface area contributed by atoms with Crippen molar-refractivity contribution in [2.45, 2.75) is 32.0 Å². The molecule has 0 radical (unpaired) electrons. The third-order valence-electron chi connectivity index (χ3n) is 4.87. The minimum Gasteiger partial charge on any atom is -0.377 e. The lowest BCUT2D eigenvalue weighted by Gasteiger charge is -2.24. The van der Waals surface area contributed by atoms with Crippen LogP contribution in [0.2, 0.25) is 5.02 Å². The van der Waals surface area contributed by atoms with Crippen LogP contribution in [0.3, 0.4) is 0 Å². The van der Waals surface area contributed by atoms with E-state index >= 15 is 0 Å². The molecule has 3 heterocycles. The highest BCUT2D eigenvalue weighted by atomic mass is 35.5. The van der Waals surface area contributed by atoms with Crippen molar-refractivity contribution in [1.82, 2.24) is 19.7 Å². The quantitative estimate of drug-likeness (QED) is 0.662. The molecule has 4 rings (SSSR count). The molecule has 1 saturated heterocycles. The molecule has 0 N–H and O–H groups in total. The van der Waals surface area contributed by atoms with E-state index in [0.29, 0.717) is 0 Å². The van der Waals surface area contributed by atoms with Crippen LogP contribution in [0.1, 0.15) is 24.2 Å². The second-order valence-electron chi connectivity index (χ2n) is 6.83. The fourth-order valence-corrected chi connectivity index (χ4v) is 3.94. The minimum atomic E-state index is 0.282. The monoisotopic (exact) mass is 370 g/mol. The van der Waals surface area contributed by atoms with E-state index in [1.807, 2.05) is 42.2 Å². The van der Waals surface area contributed by atoms with Gasteiger partial charge in [-0.1, -0.05) is 23.7 Å². The van der Waals surface area contributed by atoms with Gasteiger partial charge in [-0.05, 0) is 37.1 Å². The van der Waals surface area contributed by atoms with Crippen LogP contribution in [0.25, 0.3) is 10.9 Å². The summed E-state index contributed by atoms with van der Waals surface area (Å²) in [6, 6.07) is 12.0. The van der Waals surface area contributed by atoms with Crippen molar-refractivity contribution in [3.63, 3.8) is 0 Å². The molecule has 5 nitrogen and oxygen atoms in total. The number of nitrogens with zero attached hydrogens (tertiary/aromatic N) is 4. The molecule has 26 heavy (non-hydrogen) atoms. The van der Waals surface area contributed by atoms with Gasteiger partial charge in [0.05, 0.1) is 28.0 Å². The van der Waals surface area contributed by atoms with Crippen LogP contribution in [-0.2, 0) is 24.9 Å². The van der Waals surface area contributed by atoms with Gasteiger partial charge in [0.2, 0.25) is 0 Å². The molecule has 0 aliphatic carbocycles. The normalized spacial score (nSPS) is 17.4. The molecule has 1 fully saturated rings. The highest BCUT2D eigenvalue weighted by Crippen LogP contribution is 2.28. The summed E-state index contributed by atoms with van der Waals surface area (Å²) in [4.78, 5) is 6.85. The molecule has 2 aromatic heterocycles. The van der Waals surface area contributed by atoms with Crippen molar-refractivity contribution < 1.29 is 4.74 Å². The fourth-order valence-electron chi connectivity index (χ4n) is 3.66. The Morgan fingerprint density at radius 1 is 1.23 bits per heavy atom. The molecule has 0 saturated carbocycles. The van der Waals surface area contributed by atoms with E-state index < -0.39 is 0 Å². The predicted molar refractivity (Wildman–Crippen MR) is 103 cm³/mol. The van der Waals surface area contributed by atoms with E-state index in [9.17, 15) is 0 Å². The van der Waals surface area contributed by atoms with Crippen LogP contribution >= 0.6 is 11.6 Å². The molecule has 1 aromatic carbocycles. The van der Waals surface area contributed by atoms with E-state index in [4.69, 9.17) is 21.4 Å². The summed E-state index contributed by atoms with van der Waals surface area (Å²) < 4.78 is 7.77. The minimum absolute atomic E-state index is 0.282. The molecule has 1 atom stereocenters. The Morgan fingerprint density at radius 3 is 2.92 bits per heavy atom. The zero-order valence-corrected chi connectivity index (χ0v) is 15.7. The zero-order chi connectivity index (χ0) is 17.9. The Balaban J connectivity index is 1.61. The van der Waals surface area contributed by atoms with Crippen LogP contribution in [0.4, 0.5) is 0 Å². The molecule has 0 amide bonds. The Bertz CT molecular complexity index is 874. The number of halogens is 1. The van der Waals surface area contributed by atoms with E-state index in [0.717, 1.165) is 66.4 Å². The molecule has 136 valence electrons. The molecule has 1 aliphatic heterocycles. The number of ether oxygens (including phenoxy) is 1. The maximum absolute atomic E-state index is 6.48. The number of aromatic nitrogens is 3. The third kappa shape index (κ3) is 3.75. The number of hydrogen-bond acceptors (Lipinski definition) is 4. The second-order valence-corrected chi connectivity index (χ2v) is 7.24. The Kier molecular flexibility index (Phi) is 5.20. The molecule has 0 spiro atoms. The molecule has 1 aliphatic rings. The van der Waals surface area contributed by atoms with Gasteiger partial charge in [0.15, 0.2) is 0 Å². The maximum atomic E-state index is 6.48. The summed E-state index contributed by atoms with van der Waals surface area (Å²) in [7, 11) is 1.96. The Hall–Kier alpha value is -1.95. The van der Waals surface area contributed by atoms with Gasteiger partial charge in [0, 0.05) is 44.9 Å². The SMILES string of the molecule is Cn1nc(CN(Cc2ccccn2)C[C@@H]2CCCO2)c2c(Cl)cccc21. The number of aryl methyl sites for hydroxylation is 1. The lowest BCUT2D eigenvalue weighted by molar-refractivity contribution is 0.0671.